The van der Waals surface area contributed by atoms with Gasteiger partial charge in [-0.15, -0.1) is 0 Å². The number of aryl methyl sites for hydroxylation is 1. The maximum atomic E-state index is 12.0. The number of rotatable bonds is 3. The van der Waals surface area contributed by atoms with E-state index in [2.05, 4.69) is 26.2 Å². The third-order valence-corrected chi connectivity index (χ3v) is 3.77. The summed E-state index contributed by atoms with van der Waals surface area (Å²) in [4.78, 5) is 16.1. The third kappa shape index (κ3) is 3.07. The summed E-state index contributed by atoms with van der Waals surface area (Å²) in [5, 5.41) is 2.81. The average molecular weight is 314 g/mol. The van der Waals surface area contributed by atoms with Crippen LogP contribution in [-0.4, -0.2) is 29.6 Å². The Labute approximate surface area is 114 Å². The number of hydrogen-bond donors (Lipinski definition) is 2. The van der Waals surface area contributed by atoms with E-state index in [0.717, 1.165) is 23.0 Å². The lowest BCUT2D eigenvalue weighted by molar-refractivity contribution is -0.126. The molecule has 1 aromatic rings. The number of carbonyl (C=O) groups is 1. The van der Waals surface area contributed by atoms with Crippen molar-refractivity contribution in [2.75, 3.05) is 11.9 Å². The molecule has 0 radical (unpaired) electrons. The summed E-state index contributed by atoms with van der Waals surface area (Å²) < 4.78 is 6.31. The number of aromatic nitrogens is 1. The molecule has 0 aromatic carbocycles. The largest absolute Gasteiger partial charge is 0.364 e. The average Bonchev–Trinajstić information content (AvgIpc) is 2.82. The highest BCUT2D eigenvalue weighted by Gasteiger charge is 2.29. The number of pyridine rings is 1. The fourth-order valence-corrected chi connectivity index (χ4v) is 2.14. The maximum Gasteiger partial charge on any atom is 0.253 e. The smallest absolute Gasteiger partial charge is 0.253 e. The number of nitrogens with two attached hydrogens (primary N) is 1. The van der Waals surface area contributed by atoms with Crippen molar-refractivity contribution in [3.05, 3.63) is 22.4 Å². The van der Waals surface area contributed by atoms with Crippen molar-refractivity contribution < 1.29 is 9.53 Å². The predicted octanol–water partition coefficient (Wildman–Crippen LogP) is 1.60. The monoisotopic (exact) mass is 313 g/mol. The molecule has 1 aliphatic heterocycles. The second-order valence-corrected chi connectivity index (χ2v) is 5.13. The molecule has 3 N–H and O–H groups in total. The first-order chi connectivity index (χ1) is 8.60. The lowest BCUT2D eigenvalue weighted by Gasteiger charge is -2.13. The first kappa shape index (κ1) is 13.5. The fourth-order valence-electron chi connectivity index (χ4n) is 1.92. The van der Waals surface area contributed by atoms with Gasteiger partial charge in [-0.05, 0) is 47.3 Å². The topological polar surface area (TPSA) is 77.2 Å². The van der Waals surface area contributed by atoms with Gasteiger partial charge in [-0.3, -0.25) is 4.79 Å². The Hall–Kier alpha value is -0.980. The van der Waals surface area contributed by atoms with Crippen molar-refractivity contribution >= 4 is 27.5 Å². The van der Waals surface area contributed by atoms with Crippen LogP contribution in [0.3, 0.4) is 0 Å². The summed E-state index contributed by atoms with van der Waals surface area (Å²) in [5.74, 6) is -0.130. The van der Waals surface area contributed by atoms with Crippen molar-refractivity contribution in [3.8, 4) is 0 Å². The molecule has 2 rings (SSSR count). The summed E-state index contributed by atoms with van der Waals surface area (Å²) in [6.45, 7) is 2.38. The van der Waals surface area contributed by atoms with Gasteiger partial charge in [-0.2, -0.15) is 0 Å². The summed E-state index contributed by atoms with van der Waals surface area (Å²) in [6.07, 6.45) is 2.78. The van der Waals surface area contributed by atoms with Gasteiger partial charge in [0.15, 0.2) is 0 Å². The van der Waals surface area contributed by atoms with Crippen LogP contribution in [0.25, 0.3) is 0 Å². The second kappa shape index (κ2) is 5.77. The van der Waals surface area contributed by atoms with Gasteiger partial charge in [-0.1, -0.05) is 0 Å². The lowest BCUT2D eigenvalue weighted by Crippen LogP contribution is -2.29. The van der Waals surface area contributed by atoms with E-state index in [0.29, 0.717) is 12.2 Å². The van der Waals surface area contributed by atoms with Crippen LogP contribution in [0.1, 0.15) is 18.4 Å². The highest BCUT2D eigenvalue weighted by molar-refractivity contribution is 9.10. The summed E-state index contributed by atoms with van der Waals surface area (Å²) in [6, 6.07) is 1.87. The van der Waals surface area contributed by atoms with Crippen LogP contribution in [0.2, 0.25) is 0 Å². The zero-order valence-electron chi connectivity index (χ0n) is 10.1. The SMILES string of the molecule is Cc1cc(NC(=O)C2CCC(CN)O2)cnc1Br. The van der Waals surface area contributed by atoms with Gasteiger partial charge in [0.2, 0.25) is 0 Å². The summed E-state index contributed by atoms with van der Waals surface area (Å²) >= 11 is 3.32. The molecule has 1 aliphatic rings. The molecule has 1 amide bonds. The molecule has 0 aliphatic carbocycles. The minimum atomic E-state index is -0.400. The van der Waals surface area contributed by atoms with Crippen LogP contribution < -0.4 is 11.1 Å². The highest BCUT2D eigenvalue weighted by atomic mass is 79.9. The van der Waals surface area contributed by atoms with Crippen molar-refractivity contribution in [2.24, 2.45) is 5.73 Å². The first-order valence-electron chi connectivity index (χ1n) is 5.88. The van der Waals surface area contributed by atoms with E-state index in [4.69, 9.17) is 10.5 Å². The molecule has 2 unspecified atom stereocenters. The third-order valence-electron chi connectivity index (χ3n) is 2.94. The van der Waals surface area contributed by atoms with Gasteiger partial charge < -0.3 is 15.8 Å². The summed E-state index contributed by atoms with van der Waals surface area (Å²) in [7, 11) is 0. The quantitative estimate of drug-likeness (QED) is 0.831. The van der Waals surface area contributed by atoms with E-state index in [1.165, 1.54) is 0 Å². The van der Waals surface area contributed by atoms with Crippen LogP contribution in [-0.2, 0) is 9.53 Å². The second-order valence-electron chi connectivity index (χ2n) is 4.38. The number of carbonyl (C=O) groups excluding carboxylic acids is 1. The number of ether oxygens (including phenoxy) is 1. The number of halogens is 1. The molecule has 6 heteroatoms. The molecule has 5 nitrogen and oxygen atoms in total. The molecule has 18 heavy (non-hydrogen) atoms. The predicted molar refractivity (Wildman–Crippen MR) is 72.3 cm³/mol. The number of nitrogens with zero attached hydrogens (tertiary/aromatic N) is 1. The van der Waals surface area contributed by atoms with Crippen molar-refractivity contribution in [2.45, 2.75) is 32.0 Å². The highest BCUT2D eigenvalue weighted by Crippen LogP contribution is 2.21. The Bertz CT molecular complexity index is 453. The van der Waals surface area contributed by atoms with Gasteiger partial charge in [0.25, 0.3) is 5.91 Å². The van der Waals surface area contributed by atoms with Crippen molar-refractivity contribution in [1.29, 1.82) is 0 Å². The lowest BCUT2D eigenvalue weighted by atomic mass is 10.2. The van der Waals surface area contributed by atoms with Gasteiger partial charge >= 0.3 is 0 Å². The zero-order valence-corrected chi connectivity index (χ0v) is 11.7. The van der Waals surface area contributed by atoms with Crippen LogP contribution in [0, 0.1) is 6.92 Å². The Morgan fingerprint density at radius 3 is 3.06 bits per heavy atom. The molecule has 2 atom stereocenters. The molecule has 98 valence electrons. The molecule has 0 spiro atoms. The van der Waals surface area contributed by atoms with Gasteiger partial charge in [0.1, 0.15) is 10.7 Å². The van der Waals surface area contributed by atoms with E-state index in [-0.39, 0.29) is 12.0 Å². The molecule has 1 fully saturated rings. The molecule has 1 saturated heterocycles. The van der Waals surface area contributed by atoms with E-state index in [9.17, 15) is 4.79 Å². The van der Waals surface area contributed by atoms with Gasteiger partial charge in [0, 0.05) is 6.54 Å². The van der Waals surface area contributed by atoms with E-state index >= 15 is 0 Å². The zero-order chi connectivity index (χ0) is 13.1. The van der Waals surface area contributed by atoms with Crippen LogP contribution >= 0.6 is 15.9 Å². The Morgan fingerprint density at radius 2 is 2.44 bits per heavy atom. The van der Waals surface area contributed by atoms with Crippen LogP contribution in [0.5, 0.6) is 0 Å². The minimum absolute atomic E-state index is 0.00512. The van der Waals surface area contributed by atoms with E-state index in [1.807, 2.05) is 13.0 Å². The Morgan fingerprint density at radius 1 is 1.67 bits per heavy atom. The minimum Gasteiger partial charge on any atom is -0.364 e. The maximum absolute atomic E-state index is 12.0. The first-order valence-corrected chi connectivity index (χ1v) is 6.68. The van der Waals surface area contributed by atoms with Gasteiger partial charge in [0.05, 0.1) is 18.0 Å². The van der Waals surface area contributed by atoms with Crippen molar-refractivity contribution in [1.82, 2.24) is 4.98 Å². The number of amides is 1. The van der Waals surface area contributed by atoms with Crippen LogP contribution in [0.4, 0.5) is 5.69 Å². The Kier molecular flexibility index (Phi) is 4.31. The van der Waals surface area contributed by atoms with Crippen molar-refractivity contribution in [3.63, 3.8) is 0 Å². The Balaban J connectivity index is 1.97. The normalized spacial score (nSPS) is 23.1. The van der Waals surface area contributed by atoms with E-state index < -0.39 is 6.10 Å². The molecule has 1 aromatic heterocycles. The fraction of sp³-hybridized carbons (Fsp3) is 0.500. The standard InChI is InChI=1S/C12H16BrN3O2/c1-7-4-8(6-15-11(7)13)16-12(17)10-3-2-9(5-14)18-10/h4,6,9-10H,2-3,5,14H2,1H3,(H,16,17). The van der Waals surface area contributed by atoms with E-state index in [1.54, 1.807) is 6.20 Å². The number of anilines is 1. The van der Waals surface area contributed by atoms with Crippen LogP contribution in [0.15, 0.2) is 16.9 Å². The molecular weight excluding hydrogens is 298 g/mol. The number of hydrogen-bond acceptors (Lipinski definition) is 4. The summed E-state index contributed by atoms with van der Waals surface area (Å²) in [5.41, 5.74) is 7.17. The van der Waals surface area contributed by atoms with Gasteiger partial charge in [-0.25, -0.2) is 4.98 Å². The molecule has 0 bridgehead atoms. The number of nitrogens with one attached hydrogen (secondary N) is 1. The molecular formula is C12H16BrN3O2. The molecule has 0 saturated carbocycles. The molecule has 2 heterocycles.